The number of esters is 1. The van der Waals surface area contributed by atoms with Crippen molar-refractivity contribution in [1.29, 1.82) is 0 Å². The van der Waals surface area contributed by atoms with Gasteiger partial charge in [0.1, 0.15) is 5.75 Å². The number of nitrogens with zero attached hydrogens (tertiary/aromatic N) is 1. The standard InChI is InChI=1S/C22H22F2N2O5/c1-2-14-7-9-16(10-8-14)26-12-15(11-20(26)28)21(29)30-13-19(27)25-17-5-3-4-6-18(17)31-22(23)24/h3-10,15,22H,2,11-13H2,1H3,(H,25,27). The fourth-order valence-corrected chi connectivity index (χ4v) is 3.24. The molecule has 2 amide bonds. The van der Waals surface area contributed by atoms with Crippen LogP contribution in [0.5, 0.6) is 5.75 Å². The highest BCUT2D eigenvalue weighted by Gasteiger charge is 2.36. The predicted octanol–water partition coefficient (Wildman–Crippen LogP) is 3.39. The van der Waals surface area contributed by atoms with Crippen LogP contribution in [0.25, 0.3) is 0 Å². The van der Waals surface area contributed by atoms with Crippen LogP contribution in [-0.4, -0.2) is 37.5 Å². The monoisotopic (exact) mass is 432 g/mol. The molecule has 0 aliphatic carbocycles. The number of carbonyl (C=O) groups excluding carboxylic acids is 3. The van der Waals surface area contributed by atoms with Gasteiger partial charge >= 0.3 is 12.6 Å². The van der Waals surface area contributed by atoms with Crippen LogP contribution >= 0.6 is 0 Å². The lowest BCUT2D eigenvalue weighted by molar-refractivity contribution is -0.151. The molecular formula is C22H22F2N2O5. The van der Waals surface area contributed by atoms with Crippen LogP contribution in [0.2, 0.25) is 0 Å². The molecule has 1 saturated heterocycles. The number of carbonyl (C=O) groups is 3. The van der Waals surface area contributed by atoms with Crippen LogP contribution in [0.1, 0.15) is 18.9 Å². The summed E-state index contributed by atoms with van der Waals surface area (Å²) in [5.41, 5.74) is 1.87. The van der Waals surface area contributed by atoms with Gasteiger partial charge < -0.3 is 19.7 Å². The number of alkyl halides is 2. The summed E-state index contributed by atoms with van der Waals surface area (Å²) in [7, 11) is 0. The zero-order valence-corrected chi connectivity index (χ0v) is 16.8. The second-order valence-corrected chi connectivity index (χ2v) is 6.96. The SMILES string of the molecule is CCc1ccc(N2CC(C(=O)OCC(=O)Nc3ccccc3OC(F)F)CC2=O)cc1. The molecule has 9 heteroatoms. The molecule has 31 heavy (non-hydrogen) atoms. The van der Waals surface area contributed by atoms with Crippen molar-refractivity contribution in [2.45, 2.75) is 26.4 Å². The molecule has 2 aromatic rings. The second-order valence-electron chi connectivity index (χ2n) is 6.96. The quantitative estimate of drug-likeness (QED) is 0.647. The van der Waals surface area contributed by atoms with E-state index in [4.69, 9.17) is 4.74 Å². The van der Waals surface area contributed by atoms with Gasteiger partial charge in [-0.15, -0.1) is 0 Å². The first-order chi connectivity index (χ1) is 14.9. The predicted molar refractivity (Wildman–Crippen MR) is 109 cm³/mol. The molecule has 0 bridgehead atoms. The van der Waals surface area contributed by atoms with E-state index in [0.29, 0.717) is 5.69 Å². The van der Waals surface area contributed by atoms with E-state index in [-0.39, 0.29) is 30.3 Å². The van der Waals surface area contributed by atoms with Gasteiger partial charge in [-0.3, -0.25) is 14.4 Å². The summed E-state index contributed by atoms with van der Waals surface area (Å²) < 4.78 is 34.3. The number of nitrogens with one attached hydrogen (secondary N) is 1. The van der Waals surface area contributed by atoms with Crippen molar-refractivity contribution in [2.75, 3.05) is 23.4 Å². The highest BCUT2D eigenvalue weighted by Crippen LogP contribution is 2.27. The number of amides is 2. The lowest BCUT2D eigenvalue weighted by atomic mass is 10.1. The molecule has 0 aromatic heterocycles. The third-order valence-electron chi connectivity index (χ3n) is 4.84. The molecule has 164 valence electrons. The molecule has 0 saturated carbocycles. The molecule has 2 aromatic carbocycles. The van der Waals surface area contributed by atoms with Crippen molar-refractivity contribution in [3.8, 4) is 5.75 Å². The minimum Gasteiger partial charge on any atom is -0.455 e. The normalized spacial score (nSPS) is 15.8. The number of anilines is 2. The summed E-state index contributed by atoms with van der Waals surface area (Å²) in [5.74, 6) is -2.49. The summed E-state index contributed by atoms with van der Waals surface area (Å²) in [5, 5.41) is 2.36. The molecule has 1 heterocycles. The zero-order chi connectivity index (χ0) is 22.4. The summed E-state index contributed by atoms with van der Waals surface area (Å²) in [6, 6.07) is 13.2. The maximum Gasteiger partial charge on any atom is 0.387 e. The fraction of sp³-hybridized carbons (Fsp3) is 0.318. The van der Waals surface area contributed by atoms with Gasteiger partial charge in [0.25, 0.3) is 5.91 Å². The largest absolute Gasteiger partial charge is 0.455 e. The Labute approximate surface area is 177 Å². The van der Waals surface area contributed by atoms with Gasteiger partial charge in [0, 0.05) is 18.7 Å². The van der Waals surface area contributed by atoms with Gasteiger partial charge in [-0.1, -0.05) is 31.2 Å². The molecular weight excluding hydrogens is 410 g/mol. The summed E-state index contributed by atoms with van der Waals surface area (Å²) in [4.78, 5) is 38.2. The van der Waals surface area contributed by atoms with Gasteiger partial charge in [-0.05, 0) is 36.2 Å². The number of halogens is 2. The average molecular weight is 432 g/mol. The molecule has 1 fully saturated rings. The van der Waals surface area contributed by atoms with Gasteiger partial charge in [-0.2, -0.15) is 8.78 Å². The van der Waals surface area contributed by atoms with Crippen molar-refractivity contribution in [2.24, 2.45) is 5.92 Å². The van der Waals surface area contributed by atoms with Crippen molar-refractivity contribution < 1.29 is 32.6 Å². The number of para-hydroxylation sites is 2. The van der Waals surface area contributed by atoms with E-state index in [1.807, 2.05) is 31.2 Å². The van der Waals surface area contributed by atoms with Crippen LogP contribution < -0.4 is 15.0 Å². The molecule has 1 unspecified atom stereocenters. The van der Waals surface area contributed by atoms with E-state index in [0.717, 1.165) is 12.0 Å². The lowest BCUT2D eigenvalue weighted by Gasteiger charge is -2.17. The van der Waals surface area contributed by atoms with Crippen molar-refractivity contribution in [3.63, 3.8) is 0 Å². The van der Waals surface area contributed by atoms with E-state index < -0.39 is 31.0 Å². The Kier molecular flexibility index (Phi) is 7.17. The first kappa shape index (κ1) is 22.2. The highest BCUT2D eigenvalue weighted by atomic mass is 19.3. The van der Waals surface area contributed by atoms with Crippen LogP contribution in [0.15, 0.2) is 48.5 Å². The Bertz CT molecular complexity index is 949. The fourth-order valence-electron chi connectivity index (χ4n) is 3.24. The number of ether oxygens (including phenoxy) is 2. The number of hydrogen-bond donors (Lipinski definition) is 1. The zero-order valence-electron chi connectivity index (χ0n) is 16.8. The minimum atomic E-state index is -3.04. The Morgan fingerprint density at radius 1 is 1.16 bits per heavy atom. The Balaban J connectivity index is 1.53. The van der Waals surface area contributed by atoms with Gasteiger partial charge in [-0.25, -0.2) is 0 Å². The van der Waals surface area contributed by atoms with Crippen LogP contribution in [0.3, 0.4) is 0 Å². The molecule has 3 rings (SSSR count). The third-order valence-corrected chi connectivity index (χ3v) is 4.84. The van der Waals surface area contributed by atoms with Gasteiger partial charge in [0.05, 0.1) is 11.6 Å². The first-order valence-electron chi connectivity index (χ1n) is 9.77. The van der Waals surface area contributed by atoms with Gasteiger partial charge in [0.15, 0.2) is 6.61 Å². The molecule has 0 spiro atoms. The maximum absolute atomic E-state index is 12.5. The minimum absolute atomic E-state index is 0.0129. The lowest BCUT2D eigenvalue weighted by Crippen LogP contribution is -2.28. The summed E-state index contributed by atoms with van der Waals surface area (Å²) in [6.07, 6.45) is 0.866. The highest BCUT2D eigenvalue weighted by molar-refractivity contribution is 6.00. The van der Waals surface area contributed by atoms with E-state index >= 15 is 0 Å². The number of benzene rings is 2. The number of aryl methyl sites for hydroxylation is 1. The molecule has 1 aliphatic heterocycles. The smallest absolute Gasteiger partial charge is 0.387 e. The maximum atomic E-state index is 12.5. The molecule has 1 N–H and O–H groups in total. The van der Waals surface area contributed by atoms with E-state index in [9.17, 15) is 23.2 Å². The van der Waals surface area contributed by atoms with E-state index in [1.54, 1.807) is 0 Å². The van der Waals surface area contributed by atoms with Crippen LogP contribution in [0, 0.1) is 5.92 Å². The Morgan fingerprint density at radius 2 is 1.87 bits per heavy atom. The van der Waals surface area contributed by atoms with Crippen LogP contribution in [0.4, 0.5) is 20.2 Å². The van der Waals surface area contributed by atoms with E-state index in [2.05, 4.69) is 10.1 Å². The van der Waals surface area contributed by atoms with Crippen LogP contribution in [-0.2, 0) is 25.5 Å². The van der Waals surface area contributed by atoms with Crippen molar-refractivity contribution in [3.05, 3.63) is 54.1 Å². The molecule has 1 aliphatic rings. The topological polar surface area (TPSA) is 84.9 Å². The Hall–Kier alpha value is -3.49. The molecule has 0 radical (unpaired) electrons. The number of rotatable bonds is 8. The Morgan fingerprint density at radius 3 is 2.55 bits per heavy atom. The van der Waals surface area contributed by atoms with Gasteiger partial charge in [0.2, 0.25) is 5.91 Å². The molecule has 1 atom stereocenters. The molecule has 7 nitrogen and oxygen atoms in total. The van der Waals surface area contributed by atoms with Crippen molar-refractivity contribution in [1.82, 2.24) is 0 Å². The summed E-state index contributed by atoms with van der Waals surface area (Å²) >= 11 is 0. The number of hydrogen-bond acceptors (Lipinski definition) is 5. The van der Waals surface area contributed by atoms with E-state index in [1.165, 1.54) is 29.2 Å². The third kappa shape index (κ3) is 5.78. The first-order valence-corrected chi connectivity index (χ1v) is 9.77. The summed E-state index contributed by atoms with van der Waals surface area (Å²) in [6.45, 7) is -1.46. The average Bonchev–Trinajstić information content (AvgIpc) is 3.15. The second kappa shape index (κ2) is 10.0. The van der Waals surface area contributed by atoms with Crippen molar-refractivity contribution >= 4 is 29.2 Å².